The Balaban J connectivity index is 0.00000544. The number of carbonyl (C=O) groups excluding carboxylic acids is 1. The molecule has 1 N–H and O–H groups in total. The molecule has 1 aromatic carbocycles. The number of ether oxygens (including phenoxy) is 3. The molecule has 1 fully saturated rings. The molecule has 1 heterocycles. The topological polar surface area (TPSA) is 78.9 Å². The van der Waals surface area contributed by atoms with Gasteiger partial charge in [-0.3, -0.25) is 9.69 Å². The first-order chi connectivity index (χ1) is 15.4. The number of methoxy groups -OCH3 is 3. The van der Waals surface area contributed by atoms with Gasteiger partial charge in [0, 0.05) is 53.4 Å². The first-order valence-corrected chi connectivity index (χ1v) is 11.2. The van der Waals surface area contributed by atoms with Crippen molar-refractivity contribution >= 4 is 35.8 Å². The van der Waals surface area contributed by atoms with Crippen LogP contribution in [0.2, 0.25) is 0 Å². The van der Waals surface area contributed by atoms with Crippen LogP contribution in [0.3, 0.4) is 0 Å². The summed E-state index contributed by atoms with van der Waals surface area (Å²) in [5.74, 6) is 2.76. The molecular formula is C23H40IN5O4. The predicted molar refractivity (Wildman–Crippen MR) is 142 cm³/mol. The lowest BCUT2D eigenvalue weighted by Gasteiger charge is -2.36. The number of amides is 1. The van der Waals surface area contributed by atoms with E-state index >= 15 is 0 Å². The summed E-state index contributed by atoms with van der Waals surface area (Å²) < 4.78 is 16.4. The molecule has 0 unspecified atom stereocenters. The molecule has 0 aliphatic carbocycles. The van der Waals surface area contributed by atoms with Crippen molar-refractivity contribution in [3.05, 3.63) is 17.7 Å². The Bertz CT molecular complexity index is 742. The molecule has 1 saturated heterocycles. The monoisotopic (exact) mass is 577 g/mol. The van der Waals surface area contributed by atoms with Gasteiger partial charge in [0.1, 0.15) is 6.54 Å². The third-order valence-corrected chi connectivity index (χ3v) is 5.48. The Morgan fingerprint density at radius 2 is 1.67 bits per heavy atom. The van der Waals surface area contributed by atoms with Crippen molar-refractivity contribution in [3.8, 4) is 17.2 Å². The molecule has 1 aromatic rings. The number of aliphatic imine (C=N–C) groups is 1. The average molecular weight is 578 g/mol. The van der Waals surface area contributed by atoms with E-state index in [1.807, 2.05) is 12.1 Å². The Kier molecular flexibility index (Phi) is 13.3. The number of piperazine rings is 1. The van der Waals surface area contributed by atoms with Crippen molar-refractivity contribution in [2.24, 2.45) is 4.99 Å². The van der Waals surface area contributed by atoms with E-state index in [0.717, 1.165) is 63.6 Å². The molecule has 10 heteroatoms. The Labute approximate surface area is 215 Å². The Morgan fingerprint density at radius 3 is 2.15 bits per heavy atom. The zero-order valence-electron chi connectivity index (χ0n) is 20.8. The molecule has 2 rings (SSSR count). The van der Waals surface area contributed by atoms with Gasteiger partial charge in [0.2, 0.25) is 11.7 Å². The Morgan fingerprint density at radius 1 is 1.06 bits per heavy atom. The van der Waals surface area contributed by atoms with Crippen LogP contribution < -0.4 is 19.5 Å². The number of hydrogen-bond acceptors (Lipinski definition) is 6. The molecule has 1 amide bonds. The lowest BCUT2D eigenvalue weighted by Crippen LogP contribution is -2.52. The highest BCUT2D eigenvalue weighted by molar-refractivity contribution is 14.0. The van der Waals surface area contributed by atoms with Crippen LogP contribution in [-0.2, 0) is 11.3 Å². The zero-order valence-corrected chi connectivity index (χ0v) is 23.2. The Hall–Kier alpha value is -1.95. The van der Waals surface area contributed by atoms with Crippen molar-refractivity contribution in [2.45, 2.75) is 26.3 Å². The fraction of sp³-hybridized carbons (Fsp3) is 0.652. The fourth-order valence-corrected chi connectivity index (χ4v) is 3.53. The van der Waals surface area contributed by atoms with Crippen LogP contribution in [0.5, 0.6) is 17.2 Å². The minimum absolute atomic E-state index is 0. The van der Waals surface area contributed by atoms with Crippen molar-refractivity contribution in [2.75, 3.05) is 74.7 Å². The molecule has 0 aromatic heterocycles. The summed E-state index contributed by atoms with van der Waals surface area (Å²) in [6, 6.07) is 4.00. The summed E-state index contributed by atoms with van der Waals surface area (Å²) in [4.78, 5) is 22.8. The number of benzene rings is 1. The molecule has 0 radical (unpaired) electrons. The fourth-order valence-electron chi connectivity index (χ4n) is 3.53. The molecule has 0 atom stereocenters. The molecule has 0 spiro atoms. The third-order valence-electron chi connectivity index (χ3n) is 5.48. The number of likely N-dealkylation sites (N-methyl/N-ethyl adjacent to an activating group) is 1. The number of nitrogens with zero attached hydrogens (tertiary/aromatic N) is 4. The number of nitrogens with one attached hydrogen (secondary N) is 1. The molecule has 188 valence electrons. The molecule has 0 bridgehead atoms. The molecule has 9 nitrogen and oxygen atoms in total. The van der Waals surface area contributed by atoms with Gasteiger partial charge >= 0.3 is 0 Å². The normalized spacial score (nSPS) is 14.4. The number of carbonyl (C=O) groups is 1. The summed E-state index contributed by atoms with van der Waals surface area (Å²) >= 11 is 0. The van der Waals surface area contributed by atoms with Gasteiger partial charge in [0.25, 0.3) is 0 Å². The van der Waals surface area contributed by atoms with E-state index in [1.54, 1.807) is 40.3 Å². The highest BCUT2D eigenvalue weighted by Crippen LogP contribution is 2.38. The molecule has 33 heavy (non-hydrogen) atoms. The average Bonchev–Trinajstić information content (AvgIpc) is 2.80. The van der Waals surface area contributed by atoms with Gasteiger partial charge in [-0.2, -0.15) is 0 Å². The molecular weight excluding hydrogens is 537 g/mol. The maximum atomic E-state index is 12.0. The first kappa shape index (κ1) is 29.1. The van der Waals surface area contributed by atoms with Crippen LogP contribution in [0, 0.1) is 0 Å². The second kappa shape index (κ2) is 15.0. The predicted octanol–water partition coefficient (Wildman–Crippen LogP) is 2.28. The third kappa shape index (κ3) is 8.73. The van der Waals surface area contributed by atoms with E-state index in [0.29, 0.717) is 17.2 Å². The minimum atomic E-state index is 0. The summed E-state index contributed by atoms with van der Waals surface area (Å²) in [5.41, 5.74) is 1.11. The number of unbranched alkanes of at least 4 members (excludes halogenated alkanes) is 1. The van der Waals surface area contributed by atoms with Crippen molar-refractivity contribution in [1.29, 1.82) is 0 Å². The summed E-state index contributed by atoms with van der Waals surface area (Å²) in [6.07, 6.45) is 2.18. The van der Waals surface area contributed by atoms with Crippen LogP contribution in [0.15, 0.2) is 17.1 Å². The van der Waals surface area contributed by atoms with Crippen molar-refractivity contribution in [3.63, 3.8) is 0 Å². The van der Waals surface area contributed by atoms with Crippen LogP contribution in [-0.4, -0.2) is 101 Å². The van der Waals surface area contributed by atoms with E-state index < -0.39 is 0 Å². The zero-order chi connectivity index (χ0) is 23.5. The highest BCUT2D eigenvalue weighted by Gasteiger charge is 2.21. The van der Waals surface area contributed by atoms with Gasteiger partial charge in [-0.1, -0.05) is 13.3 Å². The van der Waals surface area contributed by atoms with Crippen LogP contribution in [0.4, 0.5) is 0 Å². The number of guanidine groups is 1. The van der Waals surface area contributed by atoms with Gasteiger partial charge in [-0.15, -0.1) is 24.0 Å². The smallest absolute Gasteiger partial charge is 0.243 e. The second-order valence-corrected chi connectivity index (χ2v) is 8.01. The number of rotatable bonds is 10. The number of halogens is 1. The van der Waals surface area contributed by atoms with Crippen molar-refractivity contribution in [1.82, 2.24) is 20.0 Å². The van der Waals surface area contributed by atoms with Gasteiger partial charge in [-0.05, 0) is 24.1 Å². The van der Waals surface area contributed by atoms with Gasteiger partial charge in [0.05, 0.1) is 21.3 Å². The molecule has 1 aliphatic rings. The maximum Gasteiger partial charge on any atom is 0.243 e. The van der Waals surface area contributed by atoms with E-state index in [-0.39, 0.29) is 36.4 Å². The largest absolute Gasteiger partial charge is 0.493 e. The summed E-state index contributed by atoms with van der Waals surface area (Å²) in [7, 11) is 8.38. The maximum absolute atomic E-state index is 12.0. The van der Waals surface area contributed by atoms with E-state index in [4.69, 9.17) is 14.2 Å². The van der Waals surface area contributed by atoms with Crippen LogP contribution in [0.25, 0.3) is 0 Å². The SMILES string of the molecule is CCCCNC(=NCC(=O)N(C)C)N1CCN(Cc2cc(OC)c(OC)c(OC)c2)CC1.I. The quantitative estimate of drug-likeness (QED) is 0.198. The highest BCUT2D eigenvalue weighted by atomic mass is 127. The van der Waals surface area contributed by atoms with Gasteiger partial charge in [-0.25, -0.2) is 4.99 Å². The van der Waals surface area contributed by atoms with E-state index in [9.17, 15) is 4.79 Å². The number of hydrogen-bond donors (Lipinski definition) is 1. The first-order valence-electron chi connectivity index (χ1n) is 11.2. The van der Waals surface area contributed by atoms with Gasteiger partial charge < -0.3 is 29.3 Å². The lowest BCUT2D eigenvalue weighted by atomic mass is 10.1. The van der Waals surface area contributed by atoms with Crippen LogP contribution >= 0.6 is 24.0 Å². The van der Waals surface area contributed by atoms with E-state index in [2.05, 4.69) is 27.0 Å². The van der Waals surface area contributed by atoms with Crippen molar-refractivity contribution < 1.29 is 19.0 Å². The molecule has 1 aliphatic heterocycles. The standard InChI is InChI=1S/C23H39N5O4.HI/c1-7-8-9-24-23(25-16-21(29)26(2)3)28-12-10-27(11-13-28)17-18-14-19(30-4)22(32-6)20(15-18)31-5;/h14-15H,7-13,16-17H2,1-6H3,(H,24,25);1H. The van der Waals surface area contributed by atoms with Gasteiger partial charge in [0.15, 0.2) is 17.5 Å². The lowest BCUT2D eigenvalue weighted by molar-refractivity contribution is -0.127. The summed E-state index contributed by atoms with van der Waals surface area (Å²) in [5, 5.41) is 3.43. The van der Waals surface area contributed by atoms with E-state index in [1.165, 1.54) is 0 Å². The second-order valence-electron chi connectivity index (χ2n) is 8.01. The minimum Gasteiger partial charge on any atom is -0.493 e. The molecule has 0 saturated carbocycles. The van der Waals surface area contributed by atoms with Crippen LogP contribution in [0.1, 0.15) is 25.3 Å². The summed E-state index contributed by atoms with van der Waals surface area (Å²) in [6.45, 7) is 7.45.